The molecule has 1 aliphatic rings. The second-order valence-corrected chi connectivity index (χ2v) is 5.26. The van der Waals surface area contributed by atoms with Crippen LogP contribution in [0.4, 0.5) is 0 Å². The van der Waals surface area contributed by atoms with Crippen molar-refractivity contribution in [2.24, 2.45) is 5.92 Å². The van der Waals surface area contributed by atoms with E-state index in [0.717, 1.165) is 11.8 Å². The predicted molar refractivity (Wildman–Crippen MR) is 74.4 cm³/mol. The van der Waals surface area contributed by atoms with E-state index in [2.05, 4.69) is 43.4 Å². The third kappa shape index (κ3) is 3.10. The van der Waals surface area contributed by atoms with Crippen LogP contribution in [0.15, 0.2) is 24.3 Å². The van der Waals surface area contributed by atoms with Crippen LogP contribution in [0.3, 0.4) is 0 Å². The van der Waals surface area contributed by atoms with E-state index in [-0.39, 0.29) is 0 Å². The third-order valence-corrected chi connectivity index (χ3v) is 4.08. The number of nitrogens with one attached hydrogen (secondary N) is 1. The van der Waals surface area contributed by atoms with Gasteiger partial charge in [0.2, 0.25) is 0 Å². The van der Waals surface area contributed by atoms with E-state index < -0.39 is 0 Å². The highest BCUT2D eigenvalue weighted by atomic mass is 14.9. The Balaban J connectivity index is 2.09. The van der Waals surface area contributed by atoms with Gasteiger partial charge in [-0.05, 0) is 48.9 Å². The fraction of sp³-hybridized carbons (Fsp3) is 0.625. The van der Waals surface area contributed by atoms with Crippen LogP contribution in [0.2, 0.25) is 0 Å². The van der Waals surface area contributed by atoms with Gasteiger partial charge in [-0.1, -0.05) is 51.0 Å². The van der Waals surface area contributed by atoms with Gasteiger partial charge < -0.3 is 5.32 Å². The van der Waals surface area contributed by atoms with Crippen molar-refractivity contribution < 1.29 is 0 Å². The number of piperidine rings is 1. The smallest absolute Gasteiger partial charge is 0.00148 e. The van der Waals surface area contributed by atoms with E-state index in [1.165, 1.54) is 44.3 Å². The molecule has 17 heavy (non-hydrogen) atoms. The molecular weight excluding hydrogens is 206 g/mol. The molecule has 94 valence electrons. The van der Waals surface area contributed by atoms with E-state index >= 15 is 0 Å². The number of aryl methyl sites for hydroxylation is 1. The molecule has 0 spiro atoms. The van der Waals surface area contributed by atoms with Crippen molar-refractivity contribution >= 4 is 0 Å². The molecule has 1 N–H and O–H groups in total. The molecule has 1 heteroatoms. The van der Waals surface area contributed by atoms with Crippen molar-refractivity contribution in [1.82, 2.24) is 5.32 Å². The fourth-order valence-corrected chi connectivity index (χ4v) is 3.01. The summed E-state index contributed by atoms with van der Waals surface area (Å²) in [4.78, 5) is 0. The molecule has 1 aliphatic heterocycles. The summed E-state index contributed by atoms with van der Waals surface area (Å²) in [7, 11) is 0. The van der Waals surface area contributed by atoms with Crippen LogP contribution in [0, 0.1) is 5.92 Å². The SMILES string of the molecule is CCCc1ccc(C2CCNCC2CC)cc1. The number of hydrogen-bond acceptors (Lipinski definition) is 1. The van der Waals surface area contributed by atoms with Crippen LogP contribution in [-0.4, -0.2) is 13.1 Å². The van der Waals surface area contributed by atoms with Gasteiger partial charge in [-0.25, -0.2) is 0 Å². The molecule has 1 aromatic carbocycles. The van der Waals surface area contributed by atoms with Gasteiger partial charge in [-0.3, -0.25) is 0 Å². The molecular formula is C16H25N. The number of hydrogen-bond donors (Lipinski definition) is 1. The van der Waals surface area contributed by atoms with Gasteiger partial charge in [0.1, 0.15) is 0 Å². The Hall–Kier alpha value is -0.820. The van der Waals surface area contributed by atoms with Crippen molar-refractivity contribution in [3.8, 4) is 0 Å². The van der Waals surface area contributed by atoms with Gasteiger partial charge >= 0.3 is 0 Å². The van der Waals surface area contributed by atoms with Gasteiger partial charge in [0.15, 0.2) is 0 Å². The maximum Gasteiger partial charge on any atom is -0.00148 e. The lowest BCUT2D eigenvalue weighted by molar-refractivity contribution is 0.318. The second-order valence-electron chi connectivity index (χ2n) is 5.26. The van der Waals surface area contributed by atoms with E-state index in [4.69, 9.17) is 0 Å². The summed E-state index contributed by atoms with van der Waals surface area (Å²) in [6.45, 7) is 6.93. The third-order valence-electron chi connectivity index (χ3n) is 4.08. The van der Waals surface area contributed by atoms with Crippen molar-refractivity contribution in [1.29, 1.82) is 0 Å². The van der Waals surface area contributed by atoms with E-state index in [9.17, 15) is 0 Å². The topological polar surface area (TPSA) is 12.0 Å². The molecule has 2 rings (SSSR count). The van der Waals surface area contributed by atoms with Gasteiger partial charge in [0.05, 0.1) is 0 Å². The van der Waals surface area contributed by atoms with Gasteiger partial charge in [0, 0.05) is 0 Å². The minimum absolute atomic E-state index is 0.775. The Morgan fingerprint density at radius 1 is 1.18 bits per heavy atom. The lowest BCUT2D eigenvalue weighted by Crippen LogP contribution is -2.35. The maximum absolute atomic E-state index is 3.52. The van der Waals surface area contributed by atoms with Crippen LogP contribution in [0.1, 0.15) is 50.2 Å². The molecule has 1 nitrogen and oxygen atoms in total. The van der Waals surface area contributed by atoms with Crippen molar-refractivity contribution in [2.75, 3.05) is 13.1 Å². The zero-order chi connectivity index (χ0) is 12.1. The Labute approximate surface area is 106 Å². The quantitative estimate of drug-likeness (QED) is 0.832. The average Bonchev–Trinajstić information content (AvgIpc) is 2.40. The standard InChI is InChI=1S/C16H25N/c1-3-5-13-6-8-15(9-7-13)16-10-11-17-12-14(16)4-2/h6-9,14,16-17H,3-5,10-12H2,1-2H3. The lowest BCUT2D eigenvalue weighted by atomic mass is 9.79. The van der Waals surface area contributed by atoms with Crippen LogP contribution in [0.25, 0.3) is 0 Å². The molecule has 0 bridgehead atoms. The second kappa shape index (κ2) is 6.20. The van der Waals surface area contributed by atoms with Gasteiger partial charge in [-0.15, -0.1) is 0 Å². The minimum Gasteiger partial charge on any atom is -0.316 e. The van der Waals surface area contributed by atoms with E-state index in [0.29, 0.717) is 0 Å². The van der Waals surface area contributed by atoms with Crippen LogP contribution >= 0.6 is 0 Å². The molecule has 2 atom stereocenters. The summed E-state index contributed by atoms with van der Waals surface area (Å²) in [5, 5.41) is 3.52. The molecule has 2 unspecified atom stereocenters. The molecule has 0 aromatic heterocycles. The highest BCUT2D eigenvalue weighted by Crippen LogP contribution is 2.32. The Morgan fingerprint density at radius 2 is 1.94 bits per heavy atom. The summed E-state index contributed by atoms with van der Waals surface area (Å²) in [6, 6.07) is 9.38. The highest BCUT2D eigenvalue weighted by Gasteiger charge is 2.24. The van der Waals surface area contributed by atoms with Crippen LogP contribution in [0.5, 0.6) is 0 Å². The van der Waals surface area contributed by atoms with Crippen LogP contribution < -0.4 is 5.32 Å². The molecule has 1 saturated heterocycles. The lowest BCUT2D eigenvalue weighted by Gasteiger charge is -2.32. The molecule has 1 heterocycles. The molecule has 0 amide bonds. The maximum atomic E-state index is 3.52. The normalized spacial score (nSPS) is 24.8. The predicted octanol–water partition coefficient (Wildman–Crippen LogP) is 3.74. The van der Waals surface area contributed by atoms with Crippen molar-refractivity contribution in [3.05, 3.63) is 35.4 Å². The fourth-order valence-electron chi connectivity index (χ4n) is 3.01. The first-order valence-electron chi connectivity index (χ1n) is 7.14. The molecule has 0 aliphatic carbocycles. The highest BCUT2D eigenvalue weighted by molar-refractivity contribution is 5.26. The number of benzene rings is 1. The zero-order valence-electron chi connectivity index (χ0n) is 11.2. The van der Waals surface area contributed by atoms with E-state index in [1.54, 1.807) is 5.56 Å². The Bertz CT molecular complexity index is 328. The van der Waals surface area contributed by atoms with Crippen molar-refractivity contribution in [2.45, 2.75) is 45.4 Å². The van der Waals surface area contributed by atoms with E-state index in [1.807, 2.05) is 0 Å². The summed E-state index contributed by atoms with van der Waals surface area (Å²) >= 11 is 0. The largest absolute Gasteiger partial charge is 0.316 e. The van der Waals surface area contributed by atoms with Gasteiger partial charge in [0.25, 0.3) is 0 Å². The summed E-state index contributed by atoms with van der Waals surface area (Å²) < 4.78 is 0. The molecule has 1 fully saturated rings. The van der Waals surface area contributed by atoms with Crippen LogP contribution in [-0.2, 0) is 6.42 Å². The molecule has 0 saturated carbocycles. The first kappa shape index (κ1) is 12.6. The van der Waals surface area contributed by atoms with Gasteiger partial charge in [-0.2, -0.15) is 0 Å². The molecule has 0 radical (unpaired) electrons. The summed E-state index contributed by atoms with van der Waals surface area (Å²) in [6.07, 6.45) is 5.04. The Kier molecular flexibility index (Phi) is 4.61. The number of rotatable bonds is 4. The minimum atomic E-state index is 0.775. The Morgan fingerprint density at radius 3 is 2.59 bits per heavy atom. The van der Waals surface area contributed by atoms with Crippen molar-refractivity contribution in [3.63, 3.8) is 0 Å². The average molecular weight is 231 g/mol. The zero-order valence-corrected chi connectivity index (χ0v) is 11.2. The first-order chi connectivity index (χ1) is 8.35. The first-order valence-corrected chi connectivity index (χ1v) is 7.14. The monoisotopic (exact) mass is 231 g/mol. The summed E-state index contributed by atoms with van der Waals surface area (Å²) in [5.74, 6) is 1.60. The summed E-state index contributed by atoms with van der Waals surface area (Å²) in [5.41, 5.74) is 3.04. The molecule has 1 aromatic rings.